The van der Waals surface area contributed by atoms with Crippen molar-refractivity contribution >= 4 is 5.91 Å². The Morgan fingerprint density at radius 3 is 2.47 bits per heavy atom. The van der Waals surface area contributed by atoms with Gasteiger partial charge < -0.3 is 9.42 Å². The molecule has 10 nitrogen and oxygen atoms in total. The van der Waals surface area contributed by atoms with Gasteiger partial charge in [0.15, 0.2) is 5.69 Å². The summed E-state index contributed by atoms with van der Waals surface area (Å²) in [7, 11) is 2.83. The van der Waals surface area contributed by atoms with E-state index in [1.807, 2.05) is 30.3 Å². The first-order valence-corrected chi connectivity index (χ1v) is 9.45. The standard InChI is InChI=1S/C21H17FN6O4/c1-26(12-13-6-4-3-5-7-13)20(30)18-23-17(25-32-18)16-19(29)27(2)21(31)28(24-16)15-10-8-14(22)9-11-15/h3-11H,12H2,1-2H3. The van der Waals surface area contributed by atoms with Crippen molar-refractivity contribution in [2.24, 2.45) is 7.05 Å². The van der Waals surface area contributed by atoms with Gasteiger partial charge in [0.05, 0.1) is 5.69 Å². The van der Waals surface area contributed by atoms with Gasteiger partial charge in [-0.2, -0.15) is 14.8 Å². The second-order valence-corrected chi connectivity index (χ2v) is 6.95. The largest absolute Gasteiger partial charge is 0.351 e. The van der Waals surface area contributed by atoms with Gasteiger partial charge in [0.1, 0.15) is 5.82 Å². The molecule has 2 heterocycles. The third kappa shape index (κ3) is 3.95. The summed E-state index contributed by atoms with van der Waals surface area (Å²) in [5.74, 6) is -1.62. The maximum atomic E-state index is 13.2. The van der Waals surface area contributed by atoms with Crippen LogP contribution in [0.5, 0.6) is 0 Å². The Morgan fingerprint density at radius 1 is 1.09 bits per heavy atom. The molecule has 1 amide bonds. The predicted molar refractivity (Wildman–Crippen MR) is 111 cm³/mol. The fourth-order valence-electron chi connectivity index (χ4n) is 2.96. The quantitative estimate of drug-likeness (QED) is 0.464. The molecule has 0 spiro atoms. The summed E-state index contributed by atoms with van der Waals surface area (Å²) in [6, 6.07) is 14.3. The van der Waals surface area contributed by atoms with E-state index in [4.69, 9.17) is 4.52 Å². The molecule has 32 heavy (non-hydrogen) atoms. The van der Waals surface area contributed by atoms with Crippen molar-refractivity contribution in [2.75, 3.05) is 7.05 Å². The highest BCUT2D eigenvalue weighted by molar-refractivity contribution is 5.89. The number of carbonyl (C=O) groups is 1. The van der Waals surface area contributed by atoms with E-state index in [9.17, 15) is 18.8 Å². The minimum atomic E-state index is -0.772. The number of nitrogens with zero attached hydrogens (tertiary/aromatic N) is 6. The van der Waals surface area contributed by atoms with E-state index < -0.39 is 23.0 Å². The number of rotatable bonds is 5. The minimum Gasteiger partial charge on any atom is -0.333 e. The topological polar surface area (TPSA) is 116 Å². The van der Waals surface area contributed by atoms with Gasteiger partial charge in [-0.05, 0) is 29.8 Å². The van der Waals surface area contributed by atoms with Crippen molar-refractivity contribution < 1.29 is 13.7 Å². The molecule has 2 aromatic carbocycles. The van der Waals surface area contributed by atoms with Gasteiger partial charge in [0.2, 0.25) is 5.82 Å². The van der Waals surface area contributed by atoms with Crippen LogP contribution >= 0.6 is 0 Å². The fourth-order valence-corrected chi connectivity index (χ4v) is 2.96. The van der Waals surface area contributed by atoms with E-state index in [0.717, 1.165) is 26.9 Å². The summed E-state index contributed by atoms with van der Waals surface area (Å²) < 4.78 is 20.0. The Hall–Kier alpha value is -4.41. The SMILES string of the molecule is CN(Cc1ccccc1)C(=O)c1nc(-c2nn(-c3ccc(F)cc3)c(=O)n(C)c2=O)no1. The molecule has 0 aliphatic carbocycles. The molecular weight excluding hydrogens is 419 g/mol. The van der Waals surface area contributed by atoms with E-state index in [1.54, 1.807) is 7.05 Å². The molecular formula is C21H17FN6O4. The highest BCUT2D eigenvalue weighted by Gasteiger charge is 2.24. The van der Waals surface area contributed by atoms with E-state index in [2.05, 4.69) is 15.2 Å². The van der Waals surface area contributed by atoms with Gasteiger partial charge >= 0.3 is 17.5 Å². The van der Waals surface area contributed by atoms with Crippen molar-refractivity contribution in [1.82, 2.24) is 29.4 Å². The summed E-state index contributed by atoms with van der Waals surface area (Å²) in [6.45, 7) is 0.312. The van der Waals surface area contributed by atoms with Crippen LogP contribution in [0.1, 0.15) is 16.2 Å². The summed E-state index contributed by atoms with van der Waals surface area (Å²) in [4.78, 5) is 43.1. The van der Waals surface area contributed by atoms with Crippen molar-refractivity contribution in [3.05, 3.63) is 92.7 Å². The number of benzene rings is 2. The average Bonchev–Trinajstić information content (AvgIpc) is 3.28. The predicted octanol–water partition coefficient (Wildman–Crippen LogP) is 1.39. The molecule has 0 saturated carbocycles. The van der Waals surface area contributed by atoms with Gasteiger partial charge in [-0.3, -0.25) is 14.2 Å². The molecule has 0 radical (unpaired) electrons. The Labute approximate surface area is 180 Å². The monoisotopic (exact) mass is 436 g/mol. The van der Waals surface area contributed by atoms with Crippen LogP contribution in [0, 0.1) is 5.82 Å². The number of hydrogen-bond acceptors (Lipinski definition) is 7. The molecule has 162 valence electrons. The maximum Gasteiger partial charge on any atom is 0.351 e. The molecule has 0 N–H and O–H groups in total. The van der Waals surface area contributed by atoms with Crippen molar-refractivity contribution in [2.45, 2.75) is 6.54 Å². The van der Waals surface area contributed by atoms with Crippen LogP contribution in [0.25, 0.3) is 17.2 Å². The third-order valence-electron chi connectivity index (χ3n) is 4.68. The highest BCUT2D eigenvalue weighted by Crippen LogP contribution is 2.12. The van der Waals surface area contributed by atoms with E-state index >= 15 is 0 Å². The molecule has 0 unspecified atom stereocenters. The molecule has 4 aromatic rings. The Morgan fingerprint density at radius 2 is 1.78 bits per heavy atom. The van der Waals surface area contributed by atoms with Gasteiger partial charge in [-0.25, -0.2) is 9.18 Å². The maximum absolute atomic E-state index is 13.2. The van der Waals surface area contributed by atoms with Crippen LogP contribution in [-0.4, -0.2) is 42.3 Å². The first-order chi connectivity index (χ1) is 15.3. The van der Waals surface area contributed by atoms with Crippen LogP contribution in [-0.2, 0) is 13.6 Å². The molecule has 0 aliphatic rings. The highest BCUT2D eigenvalue weighted by atomic mass is 19.1. The van der Waals surface area contributed by atoms with Gasteiger partial charge in [-0.1, -0.05) is 35.5 Å². The minimum absolute atomic E-state index is 0.232. The van der Waals surface area contributed by atoms with Gasteiger partial charge in [-0.15, -0.1) is 0 Å². The van der Waals surface area contributed by atoms with Crippen LogP contribution in [0.15, 0.2) is 68.7 Å². The normalized spacial score (nSPS) is 10.8. The molecule has 11 heteroatoms. The third-order valence-corrected chi connectivity index (χ3v) is 4.68. The average molecular weight is 436 g/mol. The zero-order chi connectivity index (χ0) is 22.8. The lowest BCUT2D eigenvalue weighted by atomic mass is 10.2. The molecule has 0 bridgehead atoms. The molecule has 0 saturated heterocycles. The van der Waals surface area contributed by atoms with E-state index in [0.29, 0.717) is 6.54 Å². The lowest BCUT2D eigenvalue weighted by Gasteiger charge is -2.14. The lowest BCUT2D eigenvalue weighted by molar-refractivity contribution is 0.0735. The van der Waals surface area contributed by atoms with Crippen molar-refractivity contribution in [3.8, 4) is 17.2 Å². The van der Waals surface area contributed by atoms with Crippen LogP contribution in [0.2, 0.25) is 0 Å². The fraction of sp³-hybridized carbons (Fsp3) is 0.143. The smallest absolute Gasteiger partial charge is 0.333 e. The molecule has 4 rings (SSSR count). The first kappa shape index (κ1) is 20.8. The van der Waals surface area contributed by atoms with Gasteiger partial charge in [0.25, 0.3) is 5.56 Å². The van der Waals surface area contributed by atoms with Crippen molar-refractivity contribution in [1.29, 1.82) is 0 Å². The van der Waals surface area contributed by atoms with Crippen molar-refractivity contribution in [3.63, 3.8) is 0 Å². The second-order valence-electron chi connectivity index (χ2n) is 6.95. The van der Waals surface area contributed by atoms with E-state index in [-0.39, 0.29) is 23.1 Å². The summed E-state index contributed by atoms with van der Waals surface area (Å²) in [5, 5.41) is 7.72. The summed E-state index contributed by atoms with van der Waals surface area (Å²) in [6.07, 6.45) is 0. The Kier molecular flexibility index (Phi) is 5.46. The number of amides is 1. The number of carbonyl (C=O) groups excluding carboxylic acids is 1. The van der Waals surface area contributed by atoms with Crippen LogP contribution < -0.4 is 11.2 Å². The summed E-state index contributed by atoms with van der Waals surface area (Å²) in [5.41, 5.74) is -0.677. The Balaban J connectivity index is 1.68. The lowest BCUT2D eigenvalue weighted by Crippen LogP contribution is -2.40. The molecule has 2 aromatic heterocycles. The van der Waals surface area contributed by atoms with E-state index in [1.165, 1.54) is 24.1 Å². The van der Waals surface area contributed by atoms with Crippen LogP contribution in [0.3, 0.4) is 0 Å². The number of halogens is 1. The van der Waals surface area contributed by atoms with Gasteiger partial charge in [0, 0.05) is 20.6 Å². The first-order valence-electron chi connectivity index (χ1n) is 9.45. The molecule has 0 atom stereocenters. The zero-order valence-electron chi connectivity index (χ0n) is 17.1. The Bertz CT molecular complexity index is 1390. The zero-order valence-corrected chi connectivity index (χ0v) is 17.1. The number of aromatic nitrogens is 5. The summed E-state index contributed by atoms with van der Waals surface area (Å²) >= 11 is 0. The number of hydrogen-bond donors (Lipinski definition) is 0. The van der Waals surface area contributed by atoms with Crippen LogP contribution in [0.4, 0.5) is 4.39 Å². The molecule has 0 aliphatic heterocycles. The second kappa shape index (κ2) is 8.38. The molecule has 0 fully saturated rings.